The van der Waals surface area contributed by atoms with Crippen LogP contribution < -0.4 is 10.1 Å². The Balaban J connectivity index is 1.18. The summed E-state index contributed by atoms with van der Waals surface area (Å²) in [6.07, 6.45) is 0.256. The van der Waals surface area contributed by atoms with Gasteiger partial charge in [-0.1, -0.05) is 29.8 Å². The van der Waals surface area contributed by atoms with E-state index in [9.17, 15) is 30.0 Å². The molecule has 2 aliphatic carbocycles. The number of carbonyl (C=O) groups is 2. The van der Waals surface area contributed by atoms with Crippen molar-refractivity contribution in [1.29, 1.82) is 0 Å². The summed E-state index contributed by atoms with van der Waals surface area (Å²) in [5.74, 6) is 0.589. The average Bonchev–Trinajstić information content (AvgIpc) is 4.14. The summed E-state index contributed by atoms with van der Waals surface area (Å²) in [6, 6.07) is 15.8. The van der Waals surface area contributed by atoms with Crippen molar-refractivity contribution >= 4 is 35.4 Å². The highest BCUT2D eigenvalue weighted by atomic mass is 35.5. The number of hydrogen-bond acceptors (Lipinski definition) is 12. The van der Waals surface area contributed by atoms with Gasteiger partial charge in [0, 0.05) is 53.1 Å². The van der Waals surface area contributed by atoms with Gasteiger partial charge in [-0.3, -0.25) is 9.78 Å². The highest BCUT2D eigenvalue weighted by molar-refractivity contribution is 7.99. The van der Waals surface area contributed by atoms with Crippen LogP contribution in [0.25, 0.3) is 11.1 Å². The predicted molar refractivity (Wildman–Crippen MR) is 203 cm³/mol. The van der Waals surface area contributed by atoms with E-state index in [1.807, 2.05) is 48.7 Å². The summed E-state index contributed by atoms with van der Waals surface area (Å²) >= 11 is 8.20. The van der Waals surface area contributed by atoms with Crippen molar-refractivity contribution in [3.8, 4) is 16.9 Å². The maximum atomic E-state index is 13.2. The Labute approximate surface area is 324 Å². The van der Waals surface area contributed by atoms with Gasteiger partial charge in [-0.2, -0.15) is 0 Å². The number of alkyl carbamates (subject to hydrolysis) is 1. The van der Waals surface area contributed by atoms with Crippen LogP contribution in [0.1, 0.15) is 56.6 Å². The van der Waals surface area contributed by atoms with Crippen molar-refractivity contribution in [2.24, 2.45) is 0 Å². The number of amides is 2. The first-order chi connectivity index (χ1) is 26.1. The first-order valence-corrected chi connectivity index (χ1v) is 19.7. The second-order valence-corrected chi connectivity index (χ2v) is 15.1. The molecule has 6 N–H and O–H groups in total. The van der Waals surface area contributed by atoms with Crippen LogP contribution in [0.4, 0.5) is 4.79 Å². The van der Waals surface area contributed by atoms with Crippen LogP contribution in [0, 0.1) is 0 Å². The monoisotopic (exact) mass is 787 g/mol. The molecule has 0 bridgehead atoms. The summed E-state index contributed by atoms with van der Waals surface area (Å²) < 4.78 is 17.7. The van der Waals surface area contributed by atoms with Gasteiger partial charge in [-0.15, -0.1) is 11.8 Å². The van der Waals surface area contributed by atoms with E-state index in [1.165, 1.54) is 4.90 Å². The second-order valence-electron chi connectivity index (χ2n) is 13.5. The zero-order chi connectivity index (χ0) is 38.7. The molecule has 294 valence electrons. The minimum atomic E-state index is -2.05. The molecule has 1 heterocycles. The van der Waals surface area contributed by atoms with E-state index < -0.39 is 48.6 Å². The molecule has 3 aromatic rings. The van der Waals surface area contributed by atoms with Gasteiger partial charge < -0.3 is 50.0 Å². The number of ether oxygens (including phenoxy) is 3. The average molecular weight is 788 g/mol. The lowest BCUT2D eigenvalue weighted by molar-refractivity contribution is -0.158. The van der Waals surface area contributed by atoms with Gasteiger partial charge in [0.15, 0.2) is 6.10 Å². The minimum Gasteiger partial charge on any atom is -0.490 e. The molecule has 0 aliphatic heterocycles. The Morgan fingerprint density at radius 3 is 2.52 bits per heavy atom. The van der Waals surface area contributed by atoms with E-state index in [-0.39, 0.29) is 32.3 Å². The normalized spacial score (nSPS) is 16.9. The fourth-order valence-corrected chi connectivity index (χ4v) is 7.07. The molecular formula is C39H50ClN3O10S. The van der Waals surface area contributed by atoms with Crippen molar-refractivity contribution in [2.75, 3.05) is 38.6 Å². The molecule has 15 heteroatoms. The van der Waals surface area contributed by atoms with Crippen LogP contribution in [0.15, 0.2) is 65.8 Å². The lowest BCUT2D eigenvalue weighted by atomic mass is 9.96. The molecule has 2 aromatic carbocycles. The number of halogens is 1. The number of nitrogens with one attached hydrogen (secondary N) is 1. The molecule has 0 unspecified atom stereocenters. The molecule has 54 heavy (non-hydrogen) atoms. The zero-order valence-corrected chi connectivity index (χ0v) is 31.9. The molecule has 2 amide bonds. The fraction of sp³-hybridized carbons (Fsp3) is 0.513. The topological polar surface area (TPSA) is 191 Å². The van der Waals surface area contributed by atoms with Crippen molar-refractivity contribution in [3.63, 3.8) is 0 Å². The first-order valence-electron chi connectivity index (χ1n) is 18.3. The van der Waals surface area contributed by atoms with Crippen molar-refractivity contribution in [3.05, 3.63) is 77.1 Å². The van der Waals surface area contributed by atoms with Gasteiger partial charge >= 0.3 is 6.09 Å². The summed E-state index contributed by atoms with van der Waals surface area (Å²) in [5.41, 5.74) is 3.42. The number of hydrogen-bond donors (Lipinski definition) is 6. The SMILES string of the molecule is CCOC(=O)NCCCN(CCCSc1ccc(Cl)c(COC2(c3cnccc3-c3ccccc3OC3CC3)CC2)c1)C(=O)[C@@H](O)[C@@H](O)[C@H](O)[C@@H](O)CO. The Morgan fingerprint density at radius 1 is 1.04 bits per heavy atom. The van der Waals surface area contributed by atoms with Gasteiger partial charge in [0.1, 0.15) is 24.1 Å². The summed E-state index contributed by atoms with van der Waals surface area (Å²) in [6.45, 7) is 1.84. The molecule has 2 aliphatic rings. The van der Waals surface area contributed by atoms with E-state index in [4.69, 9.17) is 30.9 Å². The summed E-state index contributed by atoms with van der Waals surface area (Å²) in [5, 5.41) is 52.9. The van der Waals surface area contributed by atoms with Crippen LogP contribution in [0.3, 0.4) is 0 Å². The number of nitrogens with zero attached hydrogens (tertiary/aromatic N) is 2. The Hall–Kier alpha value is -3.47. The Bertz CT molecular complexity index is 1690. The maximum Gasteiger partial charge on any atom is 0.407 e. The fourth-order valence-electron chi connectivity index (χ4n) is 6.00. The molecular weight excluding hydrogens is 738 g/mol. The lowest BCUT2D eigenvalue weighted by Crippen LogP contribution is -2.53. The molecule has 13 nitrogen and oxygen atoms in total. The van der Waals surface area contributed by atoms with Gasteiger partial charge in [-0.25, -0.2) is 4.79 Å². The van der Waals surface area contributed by atoms with Crippen molar-refractivity contribution < 1.29 is 49.3 Å². The van der Waals surface area contributed by atoms with E-state index in [1.54, 1.807) is 24.9 Å². The first kappa shape index (κ1) is 41.7. The van der Waals surface area contributed by atoms with Crippen LogP contribution in [-0.4, -0.2) is 117 Å². The molecule has 4 atom stereocenters. The number of aliphatic hydroxyl groups is 5. The number of rotatable bonds is 22. The highest BCUT2D eigenvalue weighted by Crippen LogP contribution is 2.53. The van der Waals surface area contributed by atoms with Crippen LogP contribution >= 0.6 is 23.4 Å². The maximum absolute atomic E-state index is 13.2. The number of carbonyl (C=O) groups excluding carboxylic acids is 2. The van der Waals surface area contributed by atoms with Crippen molar-refractivity contribution in [2.45, 2.75) is 93.1 Å². The van der Waals surface area contributed by atoms with E-state index in [2.05, 4.69) is 16.4 Å². The van der Waals surface area contributed by atoms with Crippen LogP contribution in [-0.2, 0) is 26.5 Å². The number of benzene rings is 2. The molecule has 2 saturated carbocycles. The smallest absolute Gasteiger partial charge is 0.407 e. The van der Waals surface area contributed by atoms with Crippen LogP contribution in [0.2, 0.25) is 5.02 Å². The standard InChI is InChI=1S/C39H50ClN3O10S/c1-2-51-38(50)42-16-5-18-43(37(49)36(48)35(47)34(46)32(45)23-44)19-6-20-54-27-11-12-31(40)25(21-27)24-52-39(14-15-39)30-22-41-17-13-28(30)29-7-3-4-8-33(29)53-26-9-10-26/h3-4,7-8,11-13,17,21-22,26,32,34-36,44-48H,2,5-6,9-10,14-16,18-20,23-24H2,1H3,(H,42,50)/t32-,34+,35-,36-/m0/s1. The summed E-state index contributed by atoms with van der Waals surface area (Å²) in [4.78, 5) is 31.6. The Kier molecular flexibility index (Phi) is 15.4. The molecule has 0 saturated heterocycles. The largest absolute Gasteiger partial charge is 0.490 e. The van der Waals surface area contributed by atoms with Gasteiger partial charge in [0.25, 0.3) is 5.91 Å². The van der Waals surface area contributed by atoms with Gasteiger partial charge in [0.2, 0.25) is 0 Å². The summed E-state index contributed by atoms with van der Waals surface area (Å²) in [7, 11) is 0. The molecule has 0 radical (unpaired) electrons. The van der Waals surface area contributed by atoms with E-state index in [0.717, 1.165) is 58.6 Å². The third-order valence-corrected chi connectivity index (χ3v) is 10.8. The number of aliphatic hydroxyl groups excluding tert-OH is 5. The second kappa shape index (κ2) is 19.9. The number of aromatic nitrogens is 1. The zero-order valence-electron chi connectivity index (χ0n) is 30.3. The third-order valence-electron chi connectivity index (χ3n) is 9.34. The van der Waals surface area contributed by atoms with Crippen LogP contribution in [0.5, 0.6) is 5.75 Å². The highest BCUT2D eigenvalue weighted by Gasteiger charge is 2.48. The quantitative estimate of drug-likeness (QED) is 0.0635. The number of para-hydroxylation sites is 1. The number of pyridine rings is 1. The van der Waals surface area contributed by atoms with Gasteiger partial charge in [0.05, 0.1) is 31.5 Å². The number of thioether (sulfide) groups is 1. The van der Waals surface area contributed by atoms with Crippen molar-refractivity contribution in [1.82, 2.24) is 15.2 Å². The predicted octanol–water partition coefficient (Wildman–Crippen LogP) is 4.03. The minimum absolute atomic E-state index is 0.125. The molecule has 0 spiro atoms. The van der Waals surface area contributed by atoms with Gasteiger partial charge in [-0.05, 0) is 92.7 Å². The third kappa shape index (κ3) is 11.3. The van der Waals surface area contributed by atoms with E-state index >= 15 is 0 Å². The lowest BCUT2D eigenvalue weighted by Gasteiger charge is -2.30. The molecule has 2 fully saturated rings. The molecule has 5 rings (SSSR count). The molecule has 1 aromatic heterocycles. The Morgan fingerprint density at radius 2 is 1.80 bits per heavy atom. The van der Waals surface area contributed by atoms with E-state index in [0.29, 0.717) is 30.2 Å².